The molecule has 1 amide bonds. The SMILES string of the molecule is CC(C)N1CC[C@H](C(=O)N2CCc3onc(-c4cccc(F)c4)c3C2)C1. The van der Waals surface area contributed by atoms with Crippen molar-refractivity contribution in [3.63, 3.8) is 0 Å². The zero-order valence-electron chi connectivity index (χ0n) is 15.2. The van der Waals surface area contributed by atoms with E-state index >= 15 is 0 Å². The summed E-state index contributed by atoms with van der Waals surface area (Å²) in [5.41, 5.74) is 2.25. The molecule has 0 spiro atoms. The molecule has 0 N–H and O–H groups in total. The third-order valence-corrected chi connectivity index (χ3v) is 5.54. The molecule has 1 atom stereocenters. The predicted molar refractivity (Wildman–Crippen MR) is 95.8 cm³/mol. The number of hydrogen-bond donors (Lipinski definition) is 0. The van der Waals surface area contributed by atoms with Crippen molar-refractivity contribution < 1.29 is 13.7 Å². The van der Waals surface area contributed by atoms with E-state index in [1.54, 1.807) is 6.07 Å². The molecule has 2 aliphatic rings. The molecule has 1 fully saturated rings. The van der Waals surface area contributed by atoms with Crippen LogP contribution in [0.5, 0.6) is 0 Å². The van der Waals surface area contributed by atoms with Crippen molar-refractivity contribution in [2.24, 2.45) is 5.92 Å². The molecule has 26 heavy (non-hydrogen) atoms. The van der Waals surface area contributed by atoms with Crippen LogP contribution in [0.2, 0.25) is 0 Å². The van der Waals surface area contributed by atoms with Gasteiger partial charge in [-0.25, -0.2) is 4.39 Å². The number of likely N-dealkylation sites (tertiary alicyclic amines) is 1. The number of amides is 1. The van der Waals surface area contributed by atoms with Gasteiger partial charge >= 0.3 is 0 Å². The summed E-state index contributed by atoms with van der Waals surface area (Å²) < 4.78 is 19.0. The highest BCUT2D eigenvalue weighted by Crippen LogP contribution is 2.31. The first-order chi connectivity index (χ1) is 12.5. The van der Waals surface area contributed by atoms with Gasteiger partial charge in [0.25, 0.3) is 0 Å². The smallest absolute Gasteiger partial charge is 0.227 e. The monoisotopic (exact) mass is 357 g/mol. The molecular weight excluding hydrogens is 333 g/mol. The van der Waals surface area contributed by atoms with Crippen LogP contribution in [0.15, 0.2) is 28.8 Å². The van der Waals surface area contributed by atoms with Gasteiger partial charge in [0.15, 0.2) is 0 Å². The van der Waals surface area contributed by atoms with Gasteiger partial charge < -0.3 is 14.3 Å². The van der Waals surface area contributed by atoms with E-state index in [0.717, 1.165) is 30.8 Å². The molecule has 6 heteroatoms. The third-order valence-electron chi connectivity index (χ3n) is 5.54. The number of rotatable bonds is 3. The molecule has 138 valence electrons. The molecule has 1 saturated heterocycles. The van der Waals surface area contributed by atoms with Gasteiger partial charge in [-0.1, -0.05) is 17.3 Å². The van der Waals surface area contributed by atoms with Gasteiger partial charge in [0, 0.05) is 36.7 Å². The van der Waals surface area contributed by atoms with E-state index < -0.39 is 0 Å². The van der Waals surface area contributed by atoms with Crippen LogP contribution in [0.3, 0.4) is 0 Å². The predicted octanol–water partition coefficient (Wildman–Crippen LogP) is 3.10. The van der Waals surface area contributed by atoms with Crippen molar-refractivity contribution in [3.05, 3.63) is 41.4 Å². The first kappa shape index (κ1) is 17.2. The molecule has 0 radical (unpaired) electrons. The lowest BCUT2D eigenvalue weighted by Crippen LogP contribution is -2.41. The van der Waals surface area contributed by atoms with Crippen molar-refractivity contribution in [2.75, 3.05) is 19.6 Å². The third kappa shape index (κ3) is 3.14. The van der Waals surface area contributed by atoms with E-state index in [9.17, 15) is 9.18 Å². The second-order valence-corrected chi connectivity index (χ2v) is 7.53. The Balaban J connectivity index is 1.53. The Bertz CT molecular complexity index is 817. The van der Waals surface area contributed by atoms with Gasteiger partial charge in [-0.3, -0.25) is 4.79 Å². The Morgan fingerprint density at radius 2 is 2.19 bits per heavy atom. The molecule has 1 aromatic carbocycles. The Morgan fingerprint density at radius 1 is 1.35 bits per heavy atom. The lowest BCUT2D eigenvalue weighted by atomic mass is 9.99. The van der Waals surface area contributed by atoms with Crippen molar-refractivity contribution in [3.8, 4) is 11.3 Å². The Morgan fingerprint density at radius 3 is 2.92 bits per heavy atom. The molecule has 0 bridgehead atoms. The largest absolute Gasteiger partial charge is 0.360 e. The molecule has 3 heterocycles. The second kappa shape index (κ2) is 6.83. The lowest BCUT2D eigenvalue weighted by Gasteiger charge is -2.29. The summed E-state index contributed by atoms with van der Waals surface area (Å²) in [6, 6.07) is 6.82. The minimum atomic E-state index is -0.303. The van der Waals surface area contributed by atoms with Crippen LogP contribution in [-0.2, 0) is 17.8 Å². The average molecular weight is 357 g/mol. The van der Waals surface area contributed by atoms with Crippen LogP contribution in [0, 0.1) is 11.7 Å². The van der Waals surface area contributed by atoms with Gasteiger partial charge in [0.1, 0.15) is 17.3 Å². The number of benzene rings is 1. The van der Waals surface area contributed by atoms with E-state index in [-0.39, 0.29) is 17.6 Å². The maximum atomic E-state index is 13.6. The molecular formula is C20H24FN3O2. The maximum absolute atomic E-state index is 13.6. The van der Waals surface area contributed by atoms with Crippen LogP contribution in [0.1, 0.15) is 31.6 Å². The second-order valence-electron chi connectivity index (χ2n) is 7.53. The fourth-order valence-electron chi connectivity index (χ4n) is 3.98. The Kier molecular flexibility index (Phi) is 4.53. The molecule has 0 aliphatic carbocycles. The fraction of sp³-hybridized carbons (Fsp3) is 0.500. The van der Waals surface area contributed by atoms with Crippen molar-refractivity contribution in [1.82, 2.24) is 15.0 Å². The normalized spacial score (nSPS) is 20.6. The number of hydrogen-bond acceptors (Lipinski definition) is 4. The molecule has 0 saturated carbocycles. The van der Waals surface area contributed by atoms with Gasteiger partial charge in [-0.15, -0.1) is 0 Å². The Hall–Kier alpha value is -2.21. The maximum Gasteiger partial charge on any atom is 0.227 e. The minimum Gasteiger partial charge on any atom is -0.360 e. The highest BCUT2D eigenvalue weighted by Gasteiger charge is 2.35. The van der Waals surface area contributed by atoms with E-state index in [1.165, 1.54) is 12.1 Å². The number of aromatic nitrogens is 1. The average Bonchev–Trinajstić information content (AvgIpc) is 3.28. The fourth-order valence-corrected chi connectivity index (χ4v) is 3.98. The van der Waals surface area contributed by atoms with Crippen molar-refractivity contribution in [1.29, 1.82) is 0 Å². The van der Waals surface area contributed by atoms with E-state index in [0.29, 0.717) is 36.8 Å². The summed E-state index contributed by atoms with van der Waals surface area (Å²) in [5, 5.41) is 4.15. The summed E-state index contributed by atoms with van der Waals surface area (Å²) in [5.74, 6) is 0.785. The van der Waals surface area contributed by atoms with Crippen molar-refractivity contribution in [2.45, 2.75) is 39.3 Å². The van der Waals surface area contributed by atoms with Crippen LogP contribution < -0.4 is 0 Å². The molecule has 5 nitrogen and oxygen atoms in total. The number of carbonyl (C=O) groups excluding carboxylic acids is 1. The molecule has 4 rings (SSSR count). The molecule has 2 aliphatic heterocycles. The van der Waals surface area contributed by atoms with Gasteiger partial charge in [0.2, 0.25) is 5.91 Å². The highest BCUT2D eigenvalue weighted by atomic mass is 19.1. The minimum absolute atomic E-state index is 0.0661. The van der Waals surface area contributed by atoms with Gasteiger partial charge in [0.05, 0.1) is 12.5 Å². The zero-order valence-corrected chi connectivity index (χ0v) is 15.2. The van der Waals surface area contributed by atoms with Crippen LogP contribution >= 0.6 is 0 Å². The van der Waals surface area contributed by atoms with E-state index in [1.807, 2.05) is 11.0 Å². The highest BCUT2D eigenvalue weighted by molar-refractivity contribution is 5.80. The summed E-state index contributed by atoms with van der Waals surface area (Å²) in [4.78, 5) is 17.3. The topological polar surface area (TPSA) is 49.6 Å². The quantitative estimate of drug-likeness (QED) is 0.847. The van der Waals surface area contributed by atoms with E-state index in [4.69, 9.17) is 4.52 Å². The standard InChI is InChI=1S/C20H24FN3O2/c1-13(2)23-8-6-15(11-23)20(25)24-9-7-18-17(12-24)19(22-26-18)14-4-3-5-16(21)10-14/h3-5,10,13,15H,6-9,11-12H2,1-2H3/t15-/m0/s1. The van der Waals surface area contributed by atoms with Crippen molar-refractivity contribution >= 4 is 5.91 Å². The number of halogens is 1. The summed E-state index contributed by atoms with van der Waals surface area (Å²) >= 11 is 0. The number of carbonyl (C=O) groups is 1. The van der Waals surface area contributed by atoms with Crippen LogP contribution in [0.4, 0.5) is 4.39 Å². The molecule has 0 unspecified atom stereocenters. The number of nitrogens with zero attached hydrogens (tertiary/aromatic N) is 3. The summed E-state index contributed by atoms with van der Waals surface area (Å²) in [6.07, 6.45) is 1.57. The van der Waals surface area contributed by atoms with Crippen LogP contribution in [-0.4, -0.2) is 46.5 Å². The first-order valence-electron chi connectivity index (χ1n) is 9.29. The first-order valence-corrected chi connectivity index (χ1v) is 9.29. The van der Waals surface area contributed by atoms with E-state index in [2.05, 4.69) is 23.9 Å². The zero-order chi connectivity index (χ0) is 18.3. The Labute approximate surface area is 152 Å². The molecule has 2 aromatic rings. The van der Waals surface area contributed by atoms with Gasteiger partial charge in [-0.2, -0.15) is 0 Å². The summed E-state index contributed by atoms with van der Waals surface area (Å²) in [6.45, 7) is 7.30. The number of fused-ring (bicyclic) bond motifs is 1. The lowest BCUT2D eigenvalue weighted by molar-refractivity contribution is -0.136. The summed E-state index contributed by atoms with van der Waals surface area (Å²) in [7, 11) is 0. The van der Waals surface area contributed by atoms with Gasteiger partial charge in [-0.05, 0) is 38.9 Å². The van der Waals surface area contributed by atoms with Crippen LogP contribution in [0.25, 0.3) is 11.3 Å². The molecule has 1 aromatic heterocycles.